The summed E-state index contributed by atoms with van der Waals surface area (Å²) in [5.41, 5.74) is 6.25. The summed E-state index contributed by atoms with van der Waals surface area (Å²) in [6.07, 6.45) is 0. The Morgan fingerprint density at radius 2 is 0.830 bits per heavy atom. The second kappa shape index (κ2) is 11.7. The molecule has 11 rings (SSSR count). The van der Waals surface area contributed by atoms with Crippen molar-refractivity contribution < 1.29 is 0 Å². The summed E-state index contributed by atoms with van der Waals surface area (Å²) in [5.74, 6) is 1.92. The van der Waals surface area contributed by atoms with Crippen LogP contribution in [0.1, 0.15) is 0 Å². The predicted molar refractivity (Wildman–Crippen MR) is 220 cm³/mol. The molecule has 11 aromatic rings. The Balaban J connectivity index is 1.22. The first-order valence-electron chi connectivity index (χ1n) is 18.0. The molecule has 0 radical (unpaired) electrons. The molecule has 0 spiro atoms. The van der Waals surface area contributed by atoms with Crippen LogP contribution in [0, 0.1) is 0 Å². The monoisotopic (exact) mass is 674 g/mol. The third-order valence-corrected chi connectivity index (χ3v) is 10.6. The van der Waals surface area contributed by atoms with Gasteiger partial charge in [-0.1, -0.05) is 152 Å². The second-order valence-corrected chi connectivity index (χ2v) is 13.6. The highest BCUT2D eigenvalue weighted by Gasteiger charge is 2.20. The molecule has 0 unspecified atom stereocenters. The number of nitrogens with zero attached hydrogens (tertiary/aromatic N) is 4. The van der Waals surface area contributed by atoms with Gasteiger partial charge in [-0.25, -0.2) is 15.0 Å². The molecule has 4 nitrogen and oxygen atoms in total. The van der Waals surface area contributed by atoms with E-state index in [9.17, 15) is 0 Å². The van der Waals surface area contributed by atoms with Crippen LogP contribution in [0.25, 0.3) is 105 Å². The number of fused-ring (bicyclic) bond motifs is 9. The molecule has 246 valence electrons. The van der Waals surface area contributed by atoms with Crippen molar-refractivity contribution in [3.05, 3.63) is 182 Å². The van der Waals surface area contributed by atoms with E-state index in [1.807, 2.05) is 18.2 Å². The molecule has 2 heterocycles. The van der Waals surface area contributed by atoms with Crippen LogP contribution in [0.4, 0.5) is 0 Å². The summed E-state index contributed by atoms with van der Waals surface area (Å²) in [7, 11) is 0. The number of hydrogen-bond donors (Lipinski definition) is 0. The van der Waals surface area contributed by atoms with Gasteiger partial charge in [0.15, 0.2) is 17.5 Å². The minimum Gasteiger partial charge on any atom is -0.309 e. The van der Waals surface area contributed by atoms with Gasteiger partial charge in [0.1, 0.15) is 0 Å². The van der Waals surface area contributed by atoms with E-state index in [0.29, 0.717) is 17.5 Å². The molecule has 0 saturated carbocycles. The highest BCUT2D eigenvalue weighted by atomic mass is 15.0. The third-order valence-electron chi connectivity index (χ3n) is 10.6. The molecule has 0 aliphatic heterocycles. The van der Waals surface area contributed by atoms with Crippen molar-refractivity contribution in [2.45, 2.75) is 0 Å². The van der Waals surface area contributed by atoms with E-state index in [1.54, 1.807) is 0 Å². The van der Waals surface area contributed by atoms with E-state index < -0.39 is 0 Å². The Morgan fingerprint density at radius 1 is 0.321 bits per heavy atom. The predicted octanol–water partition coefficient (Wildman–Crippen LogP) is 12.6. The average molecular weight is 675 g/mol. The number of rotatable bonds is 4. The summed E-state index contributed by atoms with van der Waals surface area (Å²) in [6.45, 7) is 0. The van der Waals surface area contributed by atoms with Crippen molar-refractivity contribution in [2.75, 3.05) is 0 Å². The zero-order valence-electron chi connectivity index (χ0n) is 28.6. The van der Waals surface area contributed by atoms with Crippen molar-refractivity contribution in [3.8, 4) is 39.9 Å². The van der Waals surface area contributed by atoms with E-state index in [1.165, 1.54) is 32.3 Å². The van der Waals surface area contributed by atoms with Gasteiger partial charge in [0.2, 0.25) is 0 Å². The van der Waals surface area contributed by atoms with Crippen molar-refractivity contribution in [2.24, 2.45) is 0 Å². The third kappa shape index (κ3) is 4.66. The second-order valence-electron chi connectivity index (χ2n) is 13.6. The quantitative estimate of drug-likeness (QED) is 0.175. The minimum absolute atomic E-state index is 0.635. The Morgan fingerprint density at radius 3 is 1.55 bits per heavy atom. The van der Waals surface area contributed by atoms with Crippen LogP contribution < -0.4 is 0 Å². The summed E-state index contributed by atoms with van der Waals surface area (Å²) in [4.78, 5) is 15.9. The van der Waals surface area contributed by atoms with Gasteiger partial charge >= 0.3 is 0 Å². The van der Waals surface area contributed by atoms with Crippen molar-refractivity contribution in [1.29, 1.82) is 0 Å². The Bertz CT molecular complexity index is 3180. The summed E-state index contributed by atoms with van der Waals surface area (Å²) in [5, 5.41) is 11.8. The van der Waals surface area contributed by atoms with Gasteiger partial charge in [-0.15, -0.1) is 0 Å². The number of para-hydroxylation sites is 2. The van der Waals surface area contributed by atoms with E-state index in [4.69, 9.17) is 15.0 Å². The lowest BCUT2D eigenvalue weighted by molar-refractivity contribution is 1.08. The Kier molecular flexibility index (Phi) is 6.52. The van der Waals surface area contributed by atoms with Gasteiger partial charge in [0, 0.05) is 33.2 Å². The van der Waals surface area contributed by atoms with Gasteiger partial charge in [0.25, 0.3) is 0 Å². The highest BCUT2D eigenvalue weighted by molar-refractivity contribution is 6.23. The largest absolute Gasteiger partial charge is 0.309 e. The van der Waals surface area contributed by atoms with Gasteiger partial charge in [0.05, 0.1) is 11.0 Å². The first-order chi connectivity index (χ1) is 26.3. The molecule has 0 bridgehead atoms. The van der Waals surface area contributed by atoms with E-state index in [0.717, 1.165) is 55.0 Å². The van der Waals surface area contributed by atoms with E-state index >= 15 is 0 Å². The number of aromatic nitrogens is 4. The standard InChI is InChI=1S/C49H30N4/c1-2-15-32(16-3-1)47-50-48(42-29-34-27-26-31-14-4-7-19-37(31)46(34)41-23-9-8-20-38(41)42)52-49(51-47)43-30-35(28-33-17-5-6-18-36(33)43)53-44-24-12-10-21-39(44)40-22-11-13-25-45(40)53/h1-30H. The molecule has 0 aliphatic rings. The van der Waals surface area contributed by atoms with Gasteiger partial charge < -0.3 is 4.57 Å². The first kappa shape index (κ1) is 29.5. The van der Waals surface area contributed by atoms with Crippen LogP contribution in [0.15, 0.2) is 182 Å². The maximum absolute atomic E-state index is 5.38. The van der Waals surface area contributed by atoms with Crippen LogP contribution in [0.3, 0.4) is 0 Å². The van der Waals surface area contributed by atoms with Crippen molar-refractivity contribution in [3.63, 3.8) is 0 Å². The summed E-state index contributed by atoms with van der Waals surface area (Å²) < 4.78 is 2.36. The van der Waals surface area contributed by atoms with Crippen LogP contribution in [-0.4, -0.2) is 19.5 Å². The van der Waals surface area contributed by atoms with Crippen molar-refractivity contribution >= 4 is 64.9 Å². The van der Waals surface area contributed by atoms with Crippen LogP contribution >= 0.6 is 0 Å². The molecule has 53 heavy (non-hydrogen) atoms. The first-order valence-corrected chi connectivity index (χ1v) is 18.0. The lowest BCUT2D eigenvalue weighted by Gasteiger charge is -2.16. The minimum atomic E-state index is 0.635. The maximum atomic E-state index is 5.38. The molecule has 2 aromatic heterocycles. The van der Waals surface area contributed by atoms with Gasteiger partial charge in [-0.2, -0.15) is 0 Å². The molecular formula is C49H30N4. The van der Waals surface area contributed by atoms with Gasteiger partial charge in [-0.3, -0.25) is 0 Å². The molecule has 0 amide bonds. The molecular weight excluding hydrogens is 645 g/mol. The molecule has 0 atom stereocenters. The smallest absolute Gasteiger partial charge is 0.164 e. The van der Waals surface area contributed by atoms with E-state index in [2.05, 4.69) is 168 Å². The SMILES string of the molecule is c1ccc(-c2nc(-c3cc(-n4c5ccccc5c5ccccc54)cc4ccccc34)nc(-c3cc4ccc5ccccc5c4c4ccccc34)n2)cc1. The summed E-state index contributed by atoms with van der Waals surface area (Å²) in [6, 6.07) is 64.5. The molecule has 0 N–H and O–H groups in total. The lowest BCUT2D eigenvalue weighted by Crippen LogP contribution is -2.02. The molecule has 9 aromatic carbocycles. The Labute approximate surface area is 305 Å². The Hall–Kier alpha value is -7.17. The van der Waals surface area contributed by atoms with Crippen LogP contribution in [-0.2, 0) is 0 Å². The van der Waals surface area contributed by atoms with Gasteiger partial charge in [-0.05, 0) is 73.4 Å². The molecule has 0 saturated heterocycles. The number of benzene rings is 9. The fraction of sp³-hybridized carbons (Fsp3) is 0. The normalized spacial score (nSPS) is 11.8. The molecule has 0 aliphatic carbocycles. The van der Waals surface area contributed by atoms with Crippen LogP contribution in [0.5, 0.6) is 0 Å². The summed E-state index contributed by atoms with van der Waals surface area (Å²) >= 11 is 0. The lowest BCUT2D eigenvalue weighted by atomic mass is 9.93. The number of hydrogen-bond acceptors (Lipinski definition) is 3. The maximum Gasteiger partial charge on any atom is 0.164 e. The van der Waals surface area contributed by atoms with Crippen molar-refractivity contribution in [1.82, 2.24) is 19.5 Å². The fourth-order valence-corrected chi connectivity index (χ4v) is 8.21. The van der Waals surface area contributed by atoms with E-state index in [-0.39, 0.29) is 0 Å². The van der Waals surface area contributed by atoms with Crippen LogP contribution in [0.2, 0.25) is 0 Å². The molecule has 0 fully saturated rings. The topological polar surface area (TPSA) is 43.6 Å². The average Bonchev–Trinajstić information content (AvgIpc) is 3.57. The highest BCUT2D eigenvalue weighted by Crippen LogP contribution is 2.40. The zero-order chi connectivity index (χ0) is 34.9. The zero-order valence-corrected chi connectivity index (χ0v) is 28.6. The molecule has 4 heteroatoms. The fourth-order valence-electron chi connectivity index (χ4n) is 8.21.